The maximum absolute atomic E-state index is 13.4. The second-order valence-electron chi connectivity index (χ2n) is 6.37. The van der Waals surface area contributed by atoms with Crippen molar-refractivity contribution in [1.82, 2.24) is 4.57 Å². The highest BCUT2D eigenvalue weighted by Gasteiger charge is 2.22. The Labute approximate surface area is 152 Å². The minimum atomic E-state index is -3.64. The van der Waals surface area contributed by atoms with Crippen LogP contribution in [-0.4, -0.2) is 20.1 Å². The number of benzene rings is 3. The monoisotopic (exact) mass is 365 g/mol. The van der Waals surface area contributed by atoms with E-state index in [1.807, 2.05) is 60.2 Å². The molecule has 0 aliphatic rings. The summed E-state index contributed by atoms with van der Waals surface area (Å²) >= 11 is 0. The van der Waals surface area contributed by atoms with E-state index in [0.717, 1.165) is 27.2 Å². The van der Waals surface area contributed by atoms with Gasteiger partial charge in [0.05, 0.1) is 15.3 Å². The van der Waals surface area contributed by atoms with Crippen molar-refractivity contribution in [3.8, 4) is 0 Å². The summed E-state index contributed by atoms with van der Waals surface area (Å²) in [5.41, 5.74) is 1.87. The van der Waals surface area contributed by atoms with Gasteiger partial charge in [-0.05, 0) is 36.6 Å². The van der Waals surface area contributed by atoms with Gasteiger partial charge in [0.25, 0.3) is 0 Å². The van der Waals surface area contributed by atoms with Gasteiger partial charge in [-0.2, -0.15) is 0 Å². The molecule has 5 heteroatoms. The van der Waals surface area contributed by atoms with Crippen LogP contribution in [0.2, 0.25) is 0 Å². The van der Waals surface area contributed by atoms with Gasteiger partial charge in [-0.1, -0.05) is 42.0 Å². The van der Waals surface area contributed by atoms with Gasteiger partial charge in [0.15, 0.2) is 0 Å². The zero-order valence-corrected chi connectivity index (χ0v) is 15.5. The van der Waals surface area contributed by atoms with E-state index in [0.29, 0.717) is 16.5 Å². The van der Waals surface area contributed by atoms with Crippen LogP contribution in [0.1, 0.15) is 5.56 Å². The molecular weight excluding hydrogens is 346 g/mol. The fraction of sp³-hybridized carbons (Fsp3) is 0.143. The normalized spacial score (nSPS) is 12.1. The van der Waals surface area contributed by atoms with Crippen molar-refractivity contribution in [3.05, 3.63) is 72.4 Å². The topological polar surface area (TPSA) is 48.3 Å². The van der Waals surface area contributed by atoms with Gasteiger partial charge in [0.2, 0.25) is 9.84 Å². The Morgan fingerprint density at radius 2 is 1.62 bits per heavy atom. The Morgan fingerprint density at radius 1 is 0.923 bits per heavy atom. The van der Waals surface area contributed by atoms with Crippen molar-refractivity contribution in [3.63, 3.8) is 0 Å². The number of aryl methyl sites for hydroxylation is 1. The second kappa shape index (κ2) is 6.27. The Bertz CT molecular complexity index is 1210. The minimum Gasteiger partial charge on any atom is -0.364 e. The van der Waals surface area contributed by atoms with Crippen LogP contribution in [0.5, 0.6) is 0 Å². The molecule has 0 N–H and O–H groups in total. The predicted molar refractivity (Wildman–Crippen MR) is 103 cm³/mol. The van der Waals surface area contributed by atoms with E-state index in [9.17, 15) is 8.42 Å². The maximum Gasteiger partial charge on any atom is 0.207 e. The SMILES string of the molecule is COCn1ccc2c3ccccc3c(S(=O)(=O)c3ccc(C)cc3)cc21. The lowest BCUT2D eigenvalue weighted by Crippen LogP contribution is -2.04. The van der Waals surface area contributed by atoms with E-state index in [-0.39, 0.29) is 0 Å². The molecule has 0 radical (unpaired) electrons. The van der Waals surface area contributed by atoms with Gasteiger partial charge < -0.3 is 9.30 Å². The highest BCUT2D eigenvalue weighted by atomic mass is 32.2. The fourth-order valence-corrected chi connectivity index (χ4v) is 4.81. The molecule has 1 heterocycles. The summed E-state index contributed by atoms with van der Waals surface area (Å²) in [4.78, 5) is 0.623. The van der Waals surface area contributed by atoms with Gasteiger partial charge in [-0.15, -0.1) is 0 Å². The lowest BCUT2D eigenvalue weighted by atomic mass is 10.1. The number of fused-ring (bicyclic) bond motifs is 3. The minimum absolute atomic E-state index is 0.303. The molecule has 0 unspecified atom stereocenters. The number of aromatic nitrogens is 1. The van der Waals surface area contributed by atoms with E-state index in [1.54, 1.807) is 25.3 Å². The second-order valence-corrected chi connectivity index (χ2v) is 8.29. The molecule has 0 bridgehead atoms. The molecule has 132 valence electrons. The molecule has 3 aromatic carbocycles. The van der Waals surface area contributed by atoms with E-state index in [4.69, 9.17) is 4.74 Å². The van der Waals surface area contributed by atoms with E-state index in [2.05, 4.69) is 0 Å². The smallest absolute Gasteiger partial charge is 0.207 e. The van der Waals surface area contributed by atoms with Crippen LogP contribution < -0.4 is 0 Å². The van der Waals surface area contributed by atoms with E-state index in [1.165, 1.54) is 0 Å². The fourth-order valence-electron chi connectivity index (χ4n) is 3.33. The number of hydrogen-bond acceptors (Lipinski definition) is 3. The third-order valence-electron chi connectivity index (χ3n) is 4.65. The van der Waals surface area contributed by atoms with Crippen molar-refractivity contribution in [2.24, 2.45) is 0 Å². The maximum atomic E-state index is 13.4. The van der Waals surface area contributed by atoms with Crippen molar-refractivity contribution in [2.45, 2.75) is 23.4 Å². The number of nitrogens with zero attached hydrogens (tertiary/aromatic N) is 1. The third kappa shape index (κ3) is 2.60. The molecule has 4 nitrogen and oxygen atoms in total. The first kappa shape index (κ1) is 16.8. The third-order valence-corrected chi connectivity index (χ3v) is 6.46. The Hall–Kier alpha value is -2.63. The molecule has 1 aromatic heterocycles. The van der Waals surface area contributed by atoms with Gasteiger partial charge in [0, 0.05) is 24.1 Å². The molecule has 4 aromatic rings. The number of hydrogen-bond donors (Lipinski definition) is 0. The van der Waals surface area contributed by atoms with Crippen LogP contribution in [0, 0.1) is 6.92 Å². The summed E-state index contributed by atoms with van der Waals surface area (Å²) in [6.07, 6.45) is 1.92. The average molecular weight is 365 g/mol. The molecule has 4 rings (SSSR count). The summed E-state index contributed by atoms with van der Waals surface area (Å²) in [7, 11) is -2.02. The molecule has 0 saturated heterocycles. The Kier molecular flexibility index (Phi) is 4.05. The standard InChI is InChI=1S/C21H19NO3S/c1-15-7-9-16(10-8-15)26(23,24)21-13-20-18(11-12-22(20)14-25-2)17-5-3-4-6-19(17)21/h3-13H,14H2,1-2H3. The van der Waals surface area contributed by atoms with Crippen LogP contribution in [-0.2, 0) is 21.3 Å². The molecule has 0 aliphatic heterocycles. The quantitative estimate of drug-likeness (QED) is 0.533. The summed E-state index contributed by atoms with van der Waals surface area (Å²) < 4.78 is 33.9. The van der Waals surface area contributed by atoms with Crippen LogP contribution in [0.15, 0.2) is 76.7 Å². The lowest BCUT2D eigenvalue weighted by molar-refractivity contribution is 0.135. The molecule has 0 fully saturated rings. The highest BCUT2D eigenvalue weighted by Crippen LogP contribution is 2.34. The predicted octanol–water partition coefficient (Wildman–Crippen LogP) is 4.54. The molecule has 0 atom stereocenters. The van der Waals surface area contributed by atoms with Crippen LogP contribution >= 0.6 is 0 Å². The zero-order valence-electron chi connectivity index (χ0n) is 14.6. The van der Waals surface area contributed by atoms with E-state index >= 15 is 0 Å². The van der Waals surface area contributed by atoms with Gasteiger partial charge in [0.1, 0.15) is 6.73 Å². The summed E-state index contributed by atoms with van der Waals surface area (Å²) in [5, 5.41) is 2.67. The number of methoxy groups -OCH3 is 1. The van der Waals surface area contributed by atoms with Crippen LogP contribution in [0.4, 0.5) is 0 Å². The van der Waals surface area contributed by atoms with Crippen LogP contribution in [0.3, 0.4) is 0 Å². The Morgan fingerprint density at radius 3 is 2.31 bits per heavy atom. The number of sulfone groups is 1. The molecule has 0 saturated carbocycles. The Balaban J connectivity index is 2.07. The van der Waals surface area contributed by atoms with Gasteiger partial charge in [-0.3, -0.25) is 0 Å². The van der Waals surface area contributed by atoms with Crippen molar-refractivity contribution in [2.75, 3.05) is 7.11 Å². The largest absolute Gasteiger partial charge is 0.364 e. The molecule has 26 heavy (non-hydrogen) atoms. The van der Waals surface area contributed by atoms with Crippen molar-refractivity contribution in [1.29, 1.82) is 0 Å². The summed E-state index contributed by atoms with van der Waals surface area (Å²) in [5.74, 6) is 0. The number of rotatable bonds is 4. The first-order chi connectivity index (χ1) is 12.5. The first-order valence-corrected chi connectivity index (χ1v) is 9.82. The zero-order chi connectivity index (χ0) is 18.3. The lowest BCUT2D eigenvalue weighted by Gasteiger charge is -2.12. The molecule has 0 spiro atoms. The van der Waals surface area contributed by atoms with Crippen molar-refractivity contribution >= 4 is 31.5 Å². The van der Waals surface area contributed by atoms with Gasteiger partial charge >= 0.3 is 0 Å². The van der Waals surface area contributed by atoms with Crippen molar-refractivity contribution < 1.29 is 13.2 Å². The first-order valence-electron chi connectivity index (χ1n) is 8.33. The van der Waals surface area contributed by atoms with Crippen LogP contribution in [0.25, 0.3) is 21.7 Å². The molecular formula is C21H19NO3S. The highest BCUT2D eigenvalue weighted by molar-refractivity contribution is 7.91. The molecule has 0 amide bonds. The average Bonchev–Trinajstić information content (AvgIpc) is 3.05. The van der Waals surface area contributed by atoms with Gasteiger partial charge in [-0.25, -0.2) is 8.42 Å². The molecule has 0 aliphatic carbocycles. The summed E-state index contributed by atoms with van der Waals surface area (Å²) in [6.45, 7) is 2.31. The summed E-state index contributed by atoms with van der Waals surface area (Å²) in [6, 6.07) is 18.3. The van der Waals surface area contributed by atoms with E-state index < -0.39 is 9.84 Å². The number of ether oxygens (including phenoxy) is 1.